The molecular weight excluding hydrogens is 246 g/mol. The summed E-state index contributed by atoms with van der Waals surface area (Å²) < 4.78 is 5.42. The molecule has 1 aromatic rings. The monoisotopic (exact) mass is 259 g/mol. The van der Waals surface area contributed by atoms with E-state index in [9.17, 15) is 0 Å². The summed E-state index contributed by atoms with van der Waals surface area (Å²) in [5.74, 6) is 0.496. The Labute approximate surface area is 104 Å². The standard InChI is InChI=1S/C9H14ClN5O2/c1-5-4-17-6(3-16)2-15(5)9-13-7(10)12-8(11)14-9/h5-6,16H,2-4H2,1H3,(H2,11,12,13,14). The molecule has 2 rings (SSSR count). The molecule has 1 aliphatic heterocycles. The van der Waals surface area contributed by atoms with Gasteiger partial charge in [-0.2, -0.15) is 15.0 Å². The Morgan fingerprint density at radius 2 is 2.29 bits per heavy atom. The summed E-state index contributed by atoms with van der Waals surface area (Å²) >= 11 is 5.74. The van der Waals surface area contributed by atoms with E-state index in [0.717, 1.165) is 0 Å². The summed E-state index contributed by atoms with van der Waals surface area (Å²) in [6.07, 6.45) is -0.247. The van der Waals surface area contributed by atoms with E-state index in [4.69, 9.17) is 27.2 Å². The van der Waals surface area contributed by atoms with E-state index >= 15 is 0 Å². The average Bonchev–Trinajstić information content (AvgIpc) is 2.28. The summed E-state index contributed by atoms with van der Waals surface area (Å²) in [7, 11) is 0. The van der Waals surface area contributed by atoms with E-state index in [2.05, 4.69) is 15.0 Å². The maximum atomic E-state index is 9.10. The number of halogens is 1. The number of morpholine rings is 1. The third-order valence-corrected chi connectivity index (χ3v) is 2.75. The van der Waals surface area contributed by atoms with Gasteiger partial charge in [-0.3, -0.25) is 0 Å². The van der Waals surface area contributed by atoms with Gasteiger partial charge in [0.2, 0.25) is 17.2 Å². The maximum absolute atomic E-state index is 9.10. The number of nitrogens with two attached hydrogens (primary N) is 1. The van der Waals surface area contributed by atoms with Crippen LogP contribution in [0.4, 0.5) is 11.9 Å². The van der Waals surface area contributed by atoms with Crippen molar-refractivity contribution >= 4 is 23.5 Å². The van der Waals surface area contributed by atoms with E-state index in [0.29, 0.717) is 19.1 Å². The molecule has 3 N–H and O–H groups in total. The predicted molar refractivity (Wildman–Crippen MR) is 62.9 cm³/mol. The highest BCUT2D eigenvalue weighted by molar-refractivity contribution is 6.28. The van der Waals surface area contributed by atoms with Crippen molar-refractivity contribution in [3.8, 4) is 0 Å². The van der Waals surface area contributed by atoms with Gasteiger partial charge >= 0.3 is 0 Å². The molecule has 0 spiro atoms. The molecule has 0 bridgehead atoms. The lowest BCUT2D eigenvalue weighted by atomic mass is 10.2. The fourth-order valence-corrected chi connectivity index (χ4v) is 1.85. The van der Waals surface area contributed by atoms with Gasteiger partial charge in [-0.15, -0.1) is 0 Å². The van der Waals surface area contributed by atoms with Crippen molar-refractivity contribution < 1.29 is 9.84 Å². The normalized spacial score (nSPS) is 25.0. The Hall–Kier alpha value is -1.18. The smallest absolute Gasteiger partial charge is 0.231 e. The molecule has 2 atom stereocenters. The molecule has 2 heterocycles. The molecular formula is C9H14ClN5O2. The van der Waals surface area contributed by atoms with E-state index in [-0.39, 0.29) is 30.0 Å². The minimum Gasteiger partial charge on any atom is -0.394 e. The molecule has 0 aromatic carbocycles. The molecule has 94 valence electrons. The molecule has 0 radical (unpaired) electrons. The van der Waals surface area contributed by atoms with E-state index in [1.54, 1.807) is 0 Å². The predicted octanol–water partition coefficient (Wildman–Crippen LogP) is -0.307. The van der Waals surface area contributed by atoms with Crippen LogP contribution in [0.15, 0.2) is 0 Å². The number of nitrogen functional groups attached to an aromatic ring is 1. The van der Waals surface area contributed by atoms with E-state index in [1.807, 2.05) is 11.8 Å². The highest BCUT2D eigenvalue weighted by Crippen LogP contribution is 2.19. The Kier molecular flexibility index (Phi) is 3.60. The van der Waals surface area contributed by atoms with E-state index in [1.165, 1.54) is 0 Å². The quantitative estimate of drug-likeness (QED) is 0.752. The van der Waals surface area contributed by atoms with Crippen molar-refractivity contribution in [2.75, 3.05) is 30.4 Å². The van der Waals surface area contributed by atoms with Crippen molar-refractivity contribution in [1.29, 1.82) is 0 Å². The Morgan fingerprint density at radius 3 is 2.94 bits per heavy atom. The molecule has 7 nitrogen and oxygen atoms in total. The topological polar surface area (TPSA) is 97.4 Å². The summed E-state index contributed by atoms with van der Waals surface area (Å²) in [4.78, 5) is 13.7. The van der Waals surface area contributed by atoms with Crippen LogP contribution in [-0.2, 0) is 4.74 Å². The van der Waals surface area contributed by atoms with Crippen molar-refractivity contribution in [1.82, 2.24) is 15.0 Å². The van der Waals surface area contributed by atoms with Gasteiger partial charge in [0.25, 0.3) is 0 Å². The molecule has 0 aliphatic carbocycles. The minimum absolute atomic E-state index is 0.0441. The molecule has 1 fully saturated rings. The molecule has 17 heavy (non-hydrogen) atoms. The van der Waals surface area contributed by atoms with Crippen molar-refractivity contribution in [2.24, 2.45) is 0 Å². The first-order valence-electron chi connectivity index (χ1n) is 5.26. The summed E-state index contributed by atoms with van der Waals surface area (Å²) in [5, 5.41) is 9.16. The van der Waals surface area contributed by atoms with Crippen molar-refractivity contribution in [3.05, 3.63) is 5.28 Å². The van der Waals surface area contributed by atoms with Gasteiger partial charge in [-0.1, -0.05) is 0 Å². The number of aromatic nitrogens is 3. The second-order valence-electron chi connectivity index (χ2n) is 3.90. The van der Waals surface area contributed by atoms with Crippen LogP contribution in [0.1, 0.15) is 6.92 Å². The number of rotatable bonds is 2. The van der Waals surface area contributed by atoms with Crippen LogP contribution in [0.2, 0.25) is 5.28 Å². The van der Waals surface area contributed by atoms with Gasteiger partial charge in [-0.05, 0) is 18.5 Å². The number of aliphatic hydroxyl groups excluding tert-OH is 1. The van der Waals surface area contributed by atoms with Gasteiger partial charge in [0.15, 0.2) is 0 Å². The fourth-order valence-electron chi connectivity index (χ4n) is 1.69. The molecule has 1 aliphatic rings. The van der Waals surface area contributed by atoms with Crippen LogP contribution >= 0.6 is 11.6 Å². The number of hydrogen-bond donors (Lipinski definition) is 2. The lowest BCUT2D eigenvalue weighted by molar-refractivity contribution is -0.0108. The van der Waals surface area contributed by atoms with Crippen LogP contribution in [0.5, 0.6) is 0 Å². The largest absolute Gasteiger partial charge is 0.394 e. The summed E-state index contributed by atoms with van der Waals surface area (Å²) in [6, 6.07) is 0.0932. The summed E-state index contributed by atoms with van der Waals surface area (Å²) in [6.45, 7) is 2.92. The lowest BCUT2D eigenvalue weighted by Crippen LogP contribution is -2.50. The molecule has 0 amide bonds. The van der Waals surface area contributed by atoms with Gasteiger partial charge in [0.1, 0.15) is 0 Å². The van der Waals surface area contributed by atoms with Crippen LogP contribution in [0.25, 0.3) is 0 Å². The van der Waals surface area contributed by atoms with Crippen LogP contribution in [0, 0.1) is 0 Å². The van der Waals surface area contributed by atoms with Gasteiger partial charge in [0, 0.05) is 6.54 Å². The first kappa shape index (κ1) is 12.3. The molecule has 1 aromatic heterocycles. The average molecular weight is 260 g/mol. The summed E-state index contributed by atoms with van der Waals surface area (Å²) in [5.41, 5.74) is 5.52. The molecule has 1 saturated heterocycles. The highest BCUT2D eigenvalue weighted by atomic mass is 35.5. The second-order valence-corrected chi connectivity index (χ2v) is 4.24. The third-order valence-electron chi connectivity index (χ3n) is 2.58. The Bertz CT molecular complexity index is 385. The number of hydrogen-bond acceptors (Lipinski definition) is 7. The highest BCUT2D eigenvalue weighted by Gasteiger charge is 2.28. The van der Waals surface area contributed by atoms with Gasteiger partial charge in [0.05, 0.1) is 25.4 Å². The van der Waals surface area contributed by atoms with Crippen molar-refractivity contribution in [3.63, 3.8) is 0 Å². The number of nitrogens with zero attached hydrogens (tertiary/aromatic N) is 4. The van der Waals surface area contributed by atoms with Crippen molar-refractivity contribution in [2.45, 2.75) is 19.1 Å². The van der Waals surface area contributed by atoms with Crippen LogP contribution in [0.3, 0.4) is 0 Å². The Morgan fingerprint density at radius 1 is 1.53 bits per heavy atom. The zero-order chi connectivity index (χ0) is 12.4. The maximum Gasteiger partial charge on any atom is 0.231 e. The molecule has 0 saturated carbocycles. The van der Waals surface area contributed by atoms with Gasteiger partial charge < -0.3 is 20.5 Å². The third kappa shape index (κ3) is 2.74. The fraction of sp³-hybridized carbons (Fsp3) is 0.667. The minimum atomic E-state index is -0.247. The number of anilines is 2. The Balaban J connectivity index is 2.24. The van der Waals surface area contributed by atoms with Gasteiger partial charge in [-0.25, -0.2) is 0 Å². The van der Waals surface area contributed by atoms with Crippen LogP contribution in [-0.4, -0.2) is 52.0 Å². The van der Waals surface area contributed by atoms with Crippen LogP contribution < -0.4 is 10.6 Å². The molecule has 8 heteroatoms. The lowest BCUT2D eigenvalue weighted by Gasteiger charge is -2.37. The molecule has 2 unspecified atom stereocenters. The SMILES string of the molecule is CC1COC(CO)CN1c1nc(N)nc(Cl)n1. The zero-order valence-corrected chi connectivity index (χ0v) is 10.1. The number of aliphatic hydroxyl groups is 1. The zero-order valence-electron chi connectivity index (χ0n) is 9.38. The first-order valence-corrected chi connectivity index (χ1v) is 5.64. The first-order chi connectivity index (χ1) is 8.10. The van der Waals surface area contributed by atoms with E-state index < -0.39 is 0 Å². The number of ether oxygens (including phenoxy) is 1. The second kappa shape index (κ2) is 4.99.